The normalized spacial score (nSPS) is 43.5. The summed E-state index contributed by atoms with van der Waals surface area (Å²) < 4.78 is 5.86. The average molecular weight is 635 g/mol. The quantitative estimate of drug-likeness (QED) is 0.244. The van der Waals surface area contributed by atoms with E-state index in [4.69, 9.17) is 4.74 Å². The van der Waals surface area contributed by atoms with E-state index >= 15 is 0 Å². The van der Waals surface area contributed by atoms with Gasteiger partial charge in [0.2, 0.25) is 5.91 Å². The molecule has 252 valence electrons. The molecule has 0 aromatic heterocycles. The molecule has 3 N–H and O–H groups in total. The first-order valence-corrected chi connectivity index (χ1v) is 17.4. The largest absolute Gasteiger partial charge is 0.595 e. The van der Waals surface area contributed by atoms with Crippen LogP contribution in [0, 0.1) is 55.5 Å². The first-order valence-electron chi connectivity index (χ1n) is 17.4. The molecule has 1 amide bonds. The number of hydrogen-bond acceptors (Lipinski definition) is 6. The Morgan fingerprint density at radius 1 is 0.935 bits per heavy atom. The van der Waals surface area contributed by atoms with Gasteiger partial charge in [0.25, 0.3) is 0 Å². The third-order valence-electron chi connectivity index (χ3n) is 14.8. The van der Waals surface area contributed by atoms with E-state index in [0.717, 1.165) is 51.4 Å². The van der Waals surface area contributed by atoms with Gasteiger partial charge in [-0.3, -0.25) is 14.4 Å². The van der Waals surface area contributed by atoms with Crippen LogP contribution in [0.2, 0.25) is 0 Å². The summed E-state index contributed by atoms with van der Waals surface area (Å²) in [5.74, 6) is 0.291. The number of hydrogen-bond donors (Lipinski definition) is 3. The number of esters is 1. The minimum Gasteiger partial charge on any atom is -0.595 e. The third kappa shape index (κ3) is 4.75. The summed E-state index contributed by atoms with van der Waals surface area (Å²) in [5, 5.41) is 22.6. The Hall–Kier alpha value is -2.55. The minimum absolute atomic E-state index is 0.0307. The van der Waals surface area contributed by atoms with Crippen LogP contribution in [0.5, 0.6) is 0 Å². The van der Waals surface area contributed by atoms with Gasteiger partial charge in [0, 0.05) is 41.5 Å². The fraction of sp³-hybridized carbons (Fsp3) is 0.711. The Balaban J connectivity index is 1.32. The van der Waals surface area contributed by atoms with Crippen LogP contribution in [0.1, 0.15) is 113 Å². The van der Waals surface area contributed by atoms with Gasteiger partial charge in [-0.2, -0.15) is 5.23 Å². The molecule has 0 heterocycles. The second-order valence-corrected chi connectivity index (χ2v) is 17.5. The number of rotatable bonds is 4. The van der Waals surface area contributed by atoms with Crippen LogP contribution < -0.4 is 10.5 Å². The summed E-state index contributed by atoms with van der Waals surface area (Å²) in [4.78, 5) is 40.6. The van der Waals surface area contributed by atoms with Gasteiger partial charge in [0.15, 0.2) is 11.5 Å². The van der Waals surface area contributed by atoms with E-state index in [-0.39, 0.29) is 74.3 Å². The molecule has 0 bridgehead atoms. The van der Waals surface area contributed by atoms with Gasteiger partial charge in [-0.05, 0) is 109 Å². The summed E-state index contributed by atoms with van der Waals surface area (Å²) >= 11 is 0. The van der Waals surface area contributed by atoms with Crippen molar-refractivity contribution in [3.05, 3.63) is 41.1 Å². The topological polar surface area (TPSA) is 120 Å². The number of benzene rings is 1. The summed E-state index contributed by atoms with van der Waals surface area (Å²) in [7, 11) is 0. The maximum absolute atomic E-state index is 14.7. The molecule has 1 aromatic rings. The van der Waals surface area contributed by atoms with Crippen LogP contribution >= 0.6 is 0 Å². The maximum atomic E-state index is 14.7. The summed E-state index contributed by atoms with van der Waals surface area (Å²) in [5.41, 5.74) is 0.705. The number of nitrogens with one attached hydrogen (secondary N) is 2. The lowest BCUT2D eigenvalue weighted by molar-refractivity contribution is -0.991. The smallest absolute Gasteiger partial charge is 0.302 e. The number of fused-ring (bicyclic) bond motifs is 7. The first kappa shape index (κ1) is 33.4. The van der Waals surface area contributed by atoms with Crippen LogP contribution in [-0.4, -0.2) is 29.0 Å². The van der Waals surface area contributed by atoms with E-state index < -0.39 is 10.6 Å². The van der Waals surface area contributed by atoms with Crippen molar-refractivity contribution in [2.75, 3.05) is 5.32 Å². The van der Waals surface area contributed by atoms with Crippen LogP contribution in [0.25, 0.3) is 0 Å². The molecule has 0 spiro atoms. The molecule has 1 aromatic carbocycles. The molecule has 6 rings (SSSR count). The number of carbonyl (C=O) groups excluding carboxylic acids is 3. The molecule has 46 heavy (non-hydrogen) atoms. The second-order valence-electron chi connectivity index (χ2n) is 17.5. The molecule has 0 saturated heterocycles. The number of carbonyl (C=O) groups is 3. The highest BCUT2D eigenvalue weighted by molar-refractivity contribution is 5.97. The lowest BCUT2D eigenvalue weighted by Gasteiger charge is -2.70. The second kappa shape index (κ2) is 10.7. The Morgan fingerprint density at radius 2 is 1.59 bits per heavy atom. The van der Waals surface area contributed by atoms with Crippen molar-refractivity contribution >= 4 is 29.0 Å². The van der Waals surface area contributed by atoms with Gasteiger partial charge < -0.3 is 15.3 Å². The van der Waals surface area contributed by atoms with Crippen LogP contribution in [0.3, 0.4) is 0 Å². The SMILES string of the molecule is CC(=O)O[C@@H]1CC[C@]2(C)[C@H](CC[C@]3(C)[C@@H]2C(=O)C=C2[C@@H]4C[C@](C)(C(=O)Nc5ccc([NH+]([O-])O)cc5)CC[C@]4(C)CC[C@@]23C)C1(C)C. The average Bonchev–Trinajstić information content (AvgIpc) is 2.96. The predicted octanol–water partition coefficient (Wildman–Crippen LogP) is 6.94. The van der Waals surface area contributed by atoms with Gasteiger partial charge in [0.05, 0.1) is 0 Å². The Kier molecular flexibility index (Phi) is 7.78. The van der Waals surface area contributed by atoms with E-state index in [9.17, 15) is 24.8 Å². The highest BCUT2D eigenvalue weighted by Gasteiger charge is 2.70. The summed E-state index contributed by atoms with van der Waals surface area (Å²) in [6.45, 7) is 17.6. The molecule has 1 unspecified atom stereocenters. The molecule has 5 aliphatic rings. The summed E-state index contributed by atoms with van der Waals surface area (Å²) in [6.07, 6.45) is 10.0. The van der Waals surface area contributed by atoms with E-state index in [1.807, 2.05) is 6.08 Å². The lowest BCUT2D eigenvalue weighted by Crippen LogP contribution is -2.99. The van der Waals surface area contributed by atoms with Crippen molar-refractivity contribution in [1.29, 1.82) is 0 Å². The first-order chi connectivity index (χ1) is 21.3. The van der Waals surface area contributed by atoms with E-state index in [1.165, 1.54) is 24.6 Å². The number of ether oxygens (including phenoxy) is 1. The van der Waals surface area contributed by atoms with Crippen molar-refractivity contribution in [3.8, 4) is 0 Å². The van der Waals surface area contributed by atoms with Crippen LogP contribution in [0.4, 0.5) is 11.4 Å². The monoisotopic (exact) mass is 634 g/mol. The molecule has 8 nitrogen and oxygen atoms in total. The molecule has 4 fully saturated rings. The van der Waals surface area contributed by atoms with Crippen molar-refractivity contribution in [2.24, 2.45) is 50.2 Å². The zero-order valence-electron chi connectivity index (χ0n) is 29.0. The minimum atomic E-state index is -0.996. The molecule has 0 radical (unpaired) electrons. The molecule has 5 aliphatic carbocycles. The van der Waals surface area contributed by atoms with Gasteiger partial charge in [-0.15, -0.1) is 0 Å². The molecule has 0 aliphatic heterocycles. The van der Waals surface area contributed by atoms with Gasteiger partial charge in [-0.25, -0.2) is 5.21 Å². The van der Waals surface area contributed by atoms with Crippen molar-refractivity contribution in [1.82, 2.24) is 0 Å². The molecular weight excluding hydrogens is 580 g/mol. The van der Waals surface area contributed by atoms with Gasteiger partial charge in [0.1, 0.15) is 6.10 Å². The van der Waals surface area contributed by atoms with Gasteiger partial charge in [-0.1, -0.05) is 54.0 Å². The van der Waals surface area contributed by atoms with E-state index in [0.29, 0.717) is 12.1 Å². The van der Waals surface area contributed by atoms with Crippen molar-refractivity contribution < 1.29 is 29.6 Å². The highest BCUT2D eigenvalue weighted by atomic mass is 16.8. The fourth-order valence-electron chi connectivity index (χ4n) is 11.8. The Morgan fingerprint density at radius 3 is 2.22 bits per heavy atom. The molecule has 8 heteroatoms. The molecular formula is C38H54N2O6. The van der Waals surface area contributed by atoms with Crippen molar-refractivity contribution in [3.63, 3.8) is 0 Å². The predicted molar refractivity (Wildman–Crippen MR) is 176 cm³/mol. The number of anilines is 1. The Bertz CT molecular complexity index is 1470. The van der Waals surface area contributed by atoms with E-state index in [2.05, 4.69) is 53.8 Å². The van der Waals surface area contributed by atoms with Crippen LogP contribution in [0.15, 0.2) is 35.9 Å². The summed E-state index contributed by atoms with van der Waals surface area (Å²) in [6, 6.07) is 6.33. The fourth-order valence-corrected chi connectivity index (χ4v) is 11.8. The zero-order valence-corrected chi connectivity index (χ0v) is 29.0. The van der Waals surface area contributed by atoms with Crippen LogP contribution in [-0.2, 0) is 19.1 Å². The van der Waals surface area contributed by atoms with Crippen molar-refractivity contribution in [2.45, 2.75) is 119 Å². The standard InChI is InChI=1S/C38H54N2O6/c1-23(41)46-30-14-15-36(6)29(33(30,2)3)13-16-38(8)31(36)28(42)21-26-27-22-35(5,18-17-34(27,4)19-20-37(26,38)7)32(43)39-24-9-11-25(12-10-24)40(44)45/h9-12,21,27,29-31,40,44H,13-20,22H2,1-8H3,(H,39,43)/t27-,29+,30+,31+,34+,35+,36+,37-,38+/m0/s1. The molecule has 4 saturated carbocycles. The number of amides is 1. The number of quaternary nitrogens is 1. The highest BCUT2D eigenvalue weighted by Crippen LogP contribution is 2.75. The third-order valence-corrected chi connectivity index (χ3v) is 14.8. The number of allylic oxidation sites excluding steroid dienone is 2. The zero-order chi connectivity index (χ0) is 33.7. The number of ketones is 1. The van der Waals surface area contributed by atoms with Gasteiger partial charge >= 0.3 is 5.97 Å². The lowest BCUT2D eigenvalue weighted by atomic mass is 9.33. The Labute approximate surface area is 274 Å². The molecule has 10 atom stereocenters. The maximum Gasteiger partial charge on any atom is 0.302 e. The van der Waals surface area contributed by atoms with E-state index in [1.54, 1.807) is 12.1 Å².